The van der Waals surface area contributed by atoms with Crippen LogP contribution in [0.4, 0.5) is 0 Å². The molecule has 0 saturated carbocycles. The molecule has 1 aliphatic rings. The summed E-state index contributed by atoms with van der Waals surface area (Å²) >= 11 is 1.58. The van der Waals surface area contributed by atoms with Gasteiger partial charge in [-0.1, -0.05) is 81.5 Å². The number of thiazole rings is 1. The van der Waals surface area contributed by atoms with Gasteiger partial charge in [0, 0.05) is 38.4 Å². The summed E-state index contributed by atoms with van der Waals surface area (Å²) < 4.78 is 5.86. The first-order valence-electron chi connectivity index (χ1n) is 18.6. The number of amides is 4. The number of aromatic nitrogens is 1. The maximum atomic E-state index is 13.9. The van der Waals surface area contributed by atoms with Crippen LogP contribution in [0.15, 0.2) is 60.1 Å². The van der Waals surface area contributed by atoms with Crippen LogP contribution in [-0.4, -0.2) is 75.5 Å². The summed E-state index contributed by atoms with van der Waals surface area (Å²) in [5.41, 5.74) is 17.4. The quantitative estimate of drug-likeness (QED) is 0.111. The van der Waals surface area contributed by atoms with Crippen molar-refractivity contribution in [3.63, 3.8) is 0 Å². The van der Waals surface area contributed by atoms with Crippen molar-refractivity contribution >= 4 is 53.4 Å². The number of carbonyl (C=O) groups is 4. The molecule has 1 fully saturated rings. The maximum absolute atomic E-state index is 13.9. The van der Waals surface area contributed by atoms with Crippen molar-refractivity contribution in [1.29, 1.82) is 0 Å². The highest BCUT2D eigenvalue weighted by Crippen LogP contribution is 2.28. The van der Waals surface area contributed by atoms with Gasteiger partial charge >= 0.3 is 0 Å². The van der Waals surface area contributed by atoms with Crippen molar-refractivity contribution in [2.45, 2.75) is 117 Å². The maximum Gasteiger partial charge on any atom is 0.246 e. The Morgan fingerprint density at radius 1 is 1.07 bits per heavy atom. The molecule has 0 bridgehead atoms. The number of hydrogen-bond donors (Lipinski definition) is 5. The minimum Gasteiger partial charge on any atom is -0.391 e. The standard InChI is InChI=1S/C41H56N6O6S.ClH/c1-26-37(54-25-45-26)31-17-15-29(16-18-31)22-44-39(51)34-21-32(48)23-47(34)40(52)38(41(3,4)5)46-36(50)10-8-6-7-9-28-11-13-30(14-12-28)24-53-27(2)33(42)19-20-35(43)49;/h7,9,11-18,25,27,32-34,38,48H,6,8,10,19-24,42H2,1-5H3,(H2,43,49)(H,44,51)(H,46,50);1H/b9-7+;/t27-,32-,33+,34+,38-;/m1./s1. The van der Waals surface area contributed by atoms with Crippen molar-refractivity contribution in [2.75, 3.05) is 6.54 Å². The van der Waals surface area contributed by atoms with Crippen LogP contribution in [0.1, 0.15) is 88.6 Å². The van der Waals surface area contributed by atoms with E-state index >= 15 is 0 Å². The zero-order valence-electron chi connectivity index (χ0n) is 32.5. The average Bonchev–Trinajstić information content (AvgIpc) is 3.75. The molecule has 4 amide bonds. The van der Waals surface area contributed by atoms with Gasteiger partial charge < -0.3 is 36.8 Å². The first-order chi connectivity index (χ1) is 25.6. The van der Waals surface area contributed by atoms with Gasteiger partial charge in [0.25, 0.3) is 0 Å². The third-order valence-electron chi connectivity index (χ3n) is 9.62. The van der Waals surface area contributed by atoms with Crippen LogP contribution in [0.25, 0.3) is 16.5 Å². The summed E-state index contributed by atoms with van der Waals surface area (Å²) in [7, 11) is 0. The summed E-state index contributed by atoms with van der Waals surface area (Å²) in [6.45, 7) is 10.2. The van der Waals surface area contributed by atoms with Gasteiger partial charge in [-0.3, -0.25) is 19.2 Å². The van der Waals surface area contributed by atoms with Crippen LogP contribution in [0.3, 0.4) is 0 Å². The molecule has 300 valence electrons. The molecule has 7 N–H and O–H groups in total. The highest BCUT2D eigenvalue weighted by molar-refractivity contribution is 7.13. The van der Waals surface area contributed by atoms with E-state index in [1.54, 1.807) is 11.3 Å². The SMILES string of the molecule is Cc1ncsc1-c1ccc(CNC(=O)[C@@H]2C[C@@H](O)CN2C(=O)[C@@H](NC(=O)CCC/C=C/c2ccc(CO[C@H](C)[C@@H](N)CCC(N)=O)cc2)C(C)(C)C)cc1.Cl. The van der Waals surface area contributed by atoms with E-state index in [-0.39, 0.29) is 80.5 Å². The van der Waals surface area contributed by atoms with Crippen LogP contribution in [0.5, 0.6) is 0 Å². The minimum absolute atomic E-state index is 0. The summed E-state index contributed by atoms with van der Waals surface area (Å²) in [6.07, 6.45) is 5.28. The molecule has 1 aliphatic heterocycles. The van der Waals surface area contributed by atoms with E-state index in [0.29, 0.717) is 25.9 Å². The molecule has 14 heteroatoms. The lowest BCUT2D eigenvalue weighted by Gasteiger charge is -2.35. The van der Waals surface area contributed by atoms with Crippen LogP contribution < -0.4 is 22.1 Å². The van der Waals surface area contributed by atoms with E-state index in [2.05, 4.69) is 15.6 Å². The number of allylic oxidation sites excluding steroid dienone is 1. The lowest BCUT2D eigenvalue weighted by Crippen LogP contribution is -2.57. The highest BCUT2D eigenvalue weighted by atomic mass is 35.5. The number of hydrogen-bond acceptors (Lipinski definition) is 9. The number of nitrogens with zero attached hydrogens (tertiary/aromatic N) is 2. The number of rotatable bonds is 18. The summed E-state index contributed by atoms with van der Waals surface area (Å²) in [4.78, 5) is 58.2. The molecule has 0 spiro atoms. The van der Waals surface area contributed by atoms with Crippen LogP contribution in [-0.2, 0) is 37.1 Å². The number of primary amides is 1. The molecule has 2 aromatic carbocycles. The molecule has 1 aromatic heterocycles. The number of carbonyl (C=O) groups excluding carboxylic acids is 4. The topological polar surface area (TPSA) is 190 Å². The van der Waals surface area contributed by atoms with Gasteiger partial charge in [-0.2, -0.15) is 0 Å². The number of likely N-dealkylation sites (tertiary alicyclic amines) is 1. The number of β-amino-alcohol motifs (C(OH)–C–C–N with tert-alkyl or cyclic N) is 1. The molecule has 55 heavy (non-hydrogen) atoms. The molecule has 2 heterocycles. The summed E-state index contributed by atoms with van der Waals surface area (Å²) in [5.74, 6) is -1.35. The van der Waals surface area contributed by atoms with E-state index in [9.17, 15) is 24.3 Å². The number of nitrogens with two attached hydrogens (primary N) is 2. The Morgan fingerprint density at radius 3 is 2.36 bits per heavy atom. The average molecular weight is 797 g/mol. The van der Waals surface area contributed by atoms with Gasteiger partial charge in [-0.25, -0.2) is 4.98 Å². The van der Waals surface area contributed by atoms with Gasteiger partial charge in [0.1, 0.15) is 12.1 Å². The summed E-state index contributed by atoms with van der Waals surface area (Å²) in [5, 5.41) is 16.4. The molecule has 0 radical (unpaired) electrons. The van der Waals surface area contributed by atoms with Crippen molar-refractivity contribution in [3.05, 3.63) is 82.5 Å². The van der Waals surface area contributed by atoms with Gasteiger partial charge in [0.15, 0.2) is 0 Å². The lowest BCUT2D eigenvalue weighted by atomic mass is 9.85. The van der Waals surface area contributed by atoms with Crippen molar-refractivity contribution in [2.24, 2.45) is 16.9 Å². The second kappa shape index (κ2) is 21.2. The zero-order chi connectivity index (χ0) is 39.4. The molecule has 3 aromatic rings. The van der Waals surface area contributed by atoms with E-state index < -0.39 is 23.6 Å². The molecule has 12 nitrogen and oxygen atoms in total. The number of aryl methyl sites for hydroxylation is 1. The Morgan fingerprint density at radius 2 is 1.75 bits per heavy atom. The predicted molar refractivity (Wildman–Crippen MR) is 219 cm³/mol. The lowest BCUT2D eigenvalue weighted by molar-refractivity contribution is -0.144. The third kappa shape index (κ3) is 13.8. The molecule has 0 aliphatic carbocycles. The zero-order valence-corrected chi connectivity index (χ0v) is 34.1. The minimum atomic E-state index is -0.875. The molecule has 0 unspecified atom stereocenters. The van der Waals surface area contributed by atoms with Crippen LogP contribution in [0, 0.1) is 12.3 Å². The van der Waals surface area contributed by atoms with E-state index in [4.69, 9.17) is 16.2 Å². The largest absolute Gasteiger partial charge is 0.391 e. The number of benzene rings is 2. The Kier molecular flexibility index (Phi) is 17.5. The summed E-state index contributed by atoms with van der Waals surface area (Å²) in [6, 6.07) is 13.9. The number of aliphatic hydroxyl groups is 1. The van der Waals surface area contributed by atoms with Gasteiger partial charge in [0.2, 0.25) is 23.6 Å². The molecular formula is C41H57ClN6O6S. The number of nitrogens with one attached hydrogen (secondary N) is 2. The molecular weight excluding hydrogens is 740 g/mol. The number of aliphatic hydroxyl groups excluding tert-OH is 1. The Bertz CT molecular complexity index is 1740. The predicted octanol–water partition coefficient (Wildman–Crippen LogP) is 5.03. The fraction of sp³-hybridized carbons (Fsp3) is 0.488. The van der Waals surface area contributed by atoms with Crippen molar-refractivity contribution in [1.82, 2.24) is 20.5 Å². The van der Waals surface area contributed by atoms with Gasteiger partial charge in [-0.05, 0) is 60.8 Å². The van der Waals surface area contributed by atoms with Crippen LogP contribution in [0.2, 0.25) is 0 Å². The van der Waals surface area contributed by atoms with Gasteiger partial charge in [-0.15, -0.1) is 23.7 Å². The third-order valence-corrected chi connectivity index (χ3v) is 10.6. The Balaban J connectivity index is 0.00000812. The second-order valence-corrected chi connectivity index (χ2v) is 16.0. The van der Waals surface area contributed by atoms with Crippen LogP contribution >= 0.6 is 23.7 Å². The smallest absolute Gasteiger partial charge is 0.246 e. The first kappa shape index (κ1) is 45.3. The Hall–Kier alpha value is -4.14. The van der Waals surface area contributed by atoms with E-state index in [0.717, 1.165) is 32.8 Å². The monoisotopic (exact) mass is 796 g/mol. The number of halogens is 1. The number of unbranched alkanes of at least 4 members (excludes halogenated alkanes) is 1. The first-order valence-corrected chi connectivity index (χ1v) is 19.5. The van der Waals surface area contributed by atoms with E-state index in [1.165, 1.54) is 4.90 Å². The molecule has 5 atom stereocenters. The fourth-order valence-electron chi connectivity index (χ4n) is 6.23. The van der Waals surface area contributed by atoms with Gasteiger partial charge in [0.05, 0.1) is 34.9 Å². The van der Waals surface area contributed by atoms with Crippen molar-refractivity contribution < 1.29 is 29.0 Å². The van der Waals surface area contributed by atoms with E-state index in [1.807, 2.05) is 101 Å². The second-order valence-electron chi connectivity index (χ2n) is 15.2. The normalized spacial score (nSPS) is 17.3. The highest BCUT2D eigenvalue weighted by Gasteiger charge is 2.44. The fourth-order valence-corrected chi connectivity index (χ4v) is 7.04. The number of ether oxygens (including phenoxy) is 1. The molecule has 1 saturated heterocycles. The Labute approximate surface area is 334 Å². The molecule has 4 rings (SSSR count). The van der Waals surface area contributed by atoms with Crippen molar-refractivity contribution in [3.8, 4) is 10.4 Å².